The van der Waals surface area contributed by atoms with E-state index in [-0.39, 0.29) is 12.2 Å². The first-order valence-electron chi connectivity index (χ1n) is 3.14. The molecule has 0 aliphatic carbocycles. The second-order valence-corrected chi connectivity index (χ2v) is 3.95. The van der Waals surface area contributed by atoms with Crippen molar-refractivity contribution in [3.63, 3.8) is 0 Å². The van der Waals surface area contributed by atoms with Gasteiger partial charge in [0.2, 0.25) is 0 Å². The van der Waals surface area contributed by atoms with Gasteiger partial charge in [0.15, 0.2) is 0 Å². The summed E-state index contributed by atoms with van der Waals surface area (Å²) in [5.41, 5.74) is 0. The Bertz CT molecular complexity index is 195. The molecule has 0 aliphatic heterocycles. The molecule has 0 saturated heterocycles. The Kier molecular flexibility index (Phi) is 3.85. The highest BCUT2D eigenvalue weighted by atomic mass is 35.5. The molecule has 0 aliphatic rings. The molecule has 0 aromatic rings. The Morgan fingerprint density at radius 3 is 2.55 bits per heavy atom. The average molecular weight is 194 g/mol. The van der Waals surface area contributed by atoms with Crippen LogP contribution in [0.25, 0.3) is 0 Å². The van der Waals surface area contributed by atoms with Gasteiger partial charge in [0.25, 0.3) is 0 Å². The lowest BCUT2D eigenvalue weighted by atomic mass is 10.0. The number of halogens is 2. The van der Waals surface area contributed by atoms with E-state index < -0.39 is 10.3 Å². The summed E-state index contributed by atoms with van der Waals surface area (Å²) < 4.78 is 0. The zero-order valence-electron chi connectivity index (χ0n) is 6.40. The molecular weight excluding hydrogens is 185 g/mol. The fraction of sp³-hybridized carbons (Fsp3) is 0.714. The minimum absolute atomic E-state index is 0.159. The lowest BCUT2D eigenvalue weighted by molar-refractivity contribution is -0.116. The number of ketones is 1. The van der Waals surface area contributed by atoms with Crippen LogP contribution >= 0.6 is 23.2 Å². The van der Waals surface area contributed by atoms with Gasteiger partial charge in [-0.05, 0) is 13.8 Å². The molecule has 0 rings (SSSR count). The Labute approximate surface area is 76.1 Å². The number of carbonyl (C=O) groups is 1. The Hall–Kier alpha value is -0.260. The Morgan fingerprint density at radius 2 is 2.27 bits per heavy atom. The van der Waals surface area contributed by atoms with E-state index in [1.54, 1.807) is 0 Å². The van der Waals surface area contributed by atoms with Gasteiger partial charge in [-0.15, -0.1) is 23.2 Å². The number of alkyl halides is 2. The van der Waals surface area contributed by atoms with Crippen molar-refractivity contribution < 1.29 is 4.79 Å². The molecule has 2 atom stereocenters. The smallest absolute Gasteiger partial charge is 0.147 e. The van der Waals surface area contributed by atoms with Crippen molar-refractivity contribution in [2.45, 2.75) is 30.5 Å². The van der Waals surface area contributed by atoms with Gasteiger partial charge >= 0.3 is 0 Å². The molecule has 11 heavy (non-hydrogen) atoms. The van der Waals surface area contributed by atoms with Gasteiger partial charge in [-0.1, -0.05) is 0 Å². The molecule has 0 fully saturated rings. The summed E-state index contributed by atoms with van der Waals surface area (Å²) in [6.07, 6.45) is 0.182. The average Bonchev–Trinajstić information content (AvgIpc) is 1.87. The summed E-state index contributed by atoms with van der Waals surface area (Å²) in [7, 11) is 0. The van der Waals surface area contributed by atoms with Crippen LogP contribution < -0.4 is 0 Å². The third-order valence-electron chi connectivity index (χ3n) is 1.24. The number of rotatable bonds is 3. The summed E-state index contributed by atoms with van der Waals surface area (Å²) in [6.45, 7) is 2.91. The van der Waals surface area contributed by atoms with Crippen molar-refractivity contribution in [3.05, 3.63) is 0 Å². The van der Waals surface area contributed by atoms with E-state index in [0.717, 1.165) is 0 Å². The van der Waals surface area contributed by atoms with Crippen molar-refractivity contribution >= 4 is 29.0 Å². The largest absolute Gasteiger partial charge is 0.298 e. The molecule has 0 heterocycles. The molecule has 2 unspecified atom stereocenters. The predicted octanol–water partition coefficient (Wildman–Crippen LogP) is 2.09. The number of hydrogen-bond donors (Lipinski definition) is 0. The van der Waals surface area contributed by atoms with Gasteiger partial charge < -0.3 is 0 Å². The maximum Gasteiger partial charge on any atom is 0.147 e. The second-order valence-electron chi connectivity index (χ2n) is 2.59. The topological polar surface area (TPSA) is 40.9 Å². The van der Waals surface area contributed by atoms with Crippen LogP contribution in [-0.4, -0.2) is 16.0 Å². The molecule has 0 saturated carbocycles. The maximum atomic E-state index is 10.6. The standard InChI is InChI=1S/C7H9Cl2NO/c1-5(11)6(8)3-7(2,9)4-10/h6H,3H2,1-2H3. The number of Topliss-reactive ketones (excluding diaryl/α,β-unsaturated/α-hetero) is 1. The van der Waals surface area contributed by atoms with Crippen LogP contribution in [-0.2, 0) is 4.79 Å². The lowest BCUT2D eigenvalue weighted by Gasteiger charge is -2.14. The molecule has 2 nitrogen and oxygen atoms in total. The number of carbonyl (C=O) groups excluding carboxylic acids is 1. The van der Waals surface area contributed by atoms with Gasteiger partial charge in [-0.3, -0.25) is 4.79 Å². The molecule has 0 amide bonds. The summed E-state index contributed by atoms with van der Waals surface area (Å²) >= 11 is 11.3. The predicted molar refractivity (Wildman–Crippen MR) is 44.8 cm³/mol. The van der Waals surface area contributed by atoms with Gasteiger partial charge in [0.1, 0.15) is 10.7 Å². The highest BCUT2D eigenvalue weighted by Crippen LogP contribution is 2.22. The molecular formula is C7H9Cl2NO. The molecule has 0 N–H and O–H groups in total. The van der Waals surface area contributed by atoms with Crippen LogP contribution in [0.2, 0.25) is 0 Å². The number of nitrogens with zero attached hydrogens (tertiary/aromatic N) is 1. The summed E-state index contributed by atoms with van der Waals surface area (Å²) in [6, 6.07) is 1.86. The monoisotopic (exact) mass is 193 g/mol. The first-order chi connectivity index (χ1) is 4.89. The van der Waals surface area contributed by atoms with E-state index in [0.29, 0.717) is 0 Å². The molecule has 62 valence electrons. The van der Waals surface area contributed by atoms with Crippen molar-refractivity contribution in [2.24, 2.45) is 0 Å². The quantitative estimate of drug-likeness (QED) is 0.645. The zero-order chi connectivity index (χ0) is 9.07. The lowest BCUT2D eigenvalue weighted by Crippen LogP contribution is -2.23. The second kappa shape index (κ2) is 3.94. The van der Waals surface area contributed by atoms with Crippen molar-refractivity contribution in [3.8, 4) is 6.07 Å². The minimum Gasteiger partial charge on any atom is -0.298 e. The molecule has 4 heteroatoms. The van der Waals surface area contributed by atoms with Crippen molar-refractivity contribution in [1.82, 2.24) is 0 Å². The van der Waals surface area contributed by atoms with Gasteiger partial charge in [0, 0.05) is 6.42 Å². The SMILES string of the molecule is CC(=O)C(Cl)CC(C)(Cl)C#N. The van der Waals surface area contributed by atoms with Crippen LogP contribution in [0.3, 0.4) is 0 Å². The molecule has 0 aromatic carbocycles. The molecule has 0 aromatic heterocycles. The van der Waals surface area contributed by atoms with Crippen LogP contribution in [0, 0.1) is 11.3 Å². The van der Waals surface area contributed by atoms with Crippen LogP contribution in [0.1, 0.15) is 20.3 Å². The summed E-state index contributed by atoms with van der Waals surface area (Å²) in [5, 5.41) is 7.82. The van der Waals surface area contributed by atoms with Crippen molar-refractivity contribution in [1.29, 1.82) is 5.26 Å². The molecule has 0 bridgehead atoms. The van der Waals surface area contributed by atoms with Crippen LogP contribution in [0.4, 0.5) is 0 Å². The van der Waals surface area contributed by atoms with E-state index in [1.807, 2.05) is 6.07 Å². The first kappa shape index (κ1) is 10.7. The van der Waals surface area contributed by atoms with Gasteiger partial charge in [0.05, 0.1) is 11.4 Å². The third-order valence-corrected chi connectivity index (χ3v) is 1.94. The van der Waals surface area contributed by atoms with E-state index in [2.05, 4.69) is 0 Å². The van der Waals surface area contributed by atoms with Gasteiger partial charge in [-0.2, -0.15) is 5.26 Å². The minimum atomic E-state index is -1.03. The Morgan fingerprint density at radius 1 is 1.82 bits per heavy atom. The highest BCUT2D eigenvalue weighted by molar-refractivity contribution is 6.32. The fourth-order valence-corrected chi connectivity index (χ4v) is 1.07. The third kappa shape index (κ3) is 4.23. The van der Waals surface area contributed by atoms with Crippen molar-refractivity contribution in [2.75, 3.05) is 0 Å². The zero-order valence-corrected chi connectivity index (χ0v) is 7.91. The van der Waals surface area contributed by atoms with Crippen LogP contribution in [0.15, 0.2) is 0 Å². The van der Waals surface area contributed by atoms with E-state index in [4.69, 9.17) is 28.5 Å². The normalized spacial score (nSPS) is 18.1. The Balaban J connectivity index is 4.07. The summed E-state index contributed by atoms with van der Waals surface area (Å²) in [5.74, 6) is -0.159. The highest BCUT2D eigenvalue weighted by Gasteiger charge is 2.26. The molecule has 0 radical (unpaired) electrons. The number of nitriles is 1. The summed E-state index contributed by atoms with van der Waals surface area (Å²) in [4.78, 5) is 9.61. The van der Waals surface area contributed by atoms with Gasteiger partial charge in [-0.25, -0.2) is 0 Å². The maximum absolute atomic E-state index is 10.6. The first-order valence-corrected chi connectivity index (χ1v) is 3.95. The van der Waals surface area contributed by atoms with E-state index in [1.165, 1.54) is 13.8 Å². The van der Waals surface area contributed by atoms with Crippen LogP contribution in [0.5, 0.6) is 0 Å². The molecule has 0 spiro atoms. The fourth-order valence-electron chi connectivity index (χ4n) is 0.526. The number of hydrogen-bond acceptors (Lipinski definition) is 2. The van der Waals surface area contributed by atoms with E-state index in [9.17, 15) is 4.79 Å². The van der Waals surface area contributed by atoms with E-state index >= 15 is 0 Å².